The maximum Gasteiger partial charge on any atom is 0.139 e. The molecule has 0 amide bonds. The SMILES string of the molecule is CCCCCCOc1ccc2c(c1)CC[C@@H]1[C@H]3CCC(=O)[C@@]3(C)CC[C@@H]21. The molecule has 0 saturated heterocycles. The van der Waals surface area contributed by atoms with Crippen LogP contribution in [0.4, 0.5) is 0 Å². The zero-order valence-corrected chi connectivity index (χ0v) is 16.6. The molecule has 1 aromatic carbocycles. The van der Waals surface area contributed by atoms with Crippen LogP contribution < -0.4 is 4.74 Å². The van der Waals surface area contributed by atoms with Crippen LogP contribution in [0, 0.1) is 17.3 Å². The van der Waals surface area contributed by atoms with Gasteiger partial charge in [0.25, 0.3) is 0 Å². The van der Waals surface area contributed by atoms with Gasteiger partial charge in [-0.1, -0.05) is 39.2 Å². The van der Waals surface area contributed by atoms with Gasteiger partial charge in [-0.25, -0.2) is 0 Å². The fourth-order valence-corrected chi connectivity index (χ4v) is 6.14. The Morgan fingerprint density at radius 3 is 2.85 bits per heavy atom. The Kier molecular flexibility index (Phi) is 5.12. The van der Waals surface area contributed by atoms with Crippen LogP contribution in [0.15, 0.2) is 18.2 Å². The maximum atomic E-state index is 12.4. The largest absolute Gasteiger partial charge is 0.494 e. The van der Waals surface area contributed by atoms with Gasteiger partial charge in [-0.2, -0.15) is 0 Å². The van der Waals surface area contributed by atoms with E-state index in [1.165, 1.54) is 37.7 Å². The molecule has 4 rings (SSSR count). The molecule has 26 heavy (non-hydrogen) atoms. The molecule has 0 N–H and O–H groups in total. The molecular formula is C24H34O2. The number of unbranched alkanes of at least 4 members (excludes halogenated alkanes) is 3. The van der Waals surface area contributed by atoms with Crippen LogP contribution in [-0.4, -0.2) is 12.4 Å². The van der Waals surface area contributed by atoms with E-state index in [4.69, 9.17) is 4.74 Å². The van der Waals surface area contributed by atoms with Gasteiger partial charge in [-0.3, -0.25) is 4.79 Å². The number of ether oxygens (including phenoxy) is 1. The molecule has 2 heteroatoms. The number of fused-ring (bicyclic) bond motifs is 5. The second kappa shape index (κ2) is 7.37. The predicted molar refractivity (Wildman–Crippen MR) is 106 cm³/mol. The summed E-state index contributed by atoms with van der Waals surface area (Å²) in [6.07, 6.45) is 11.6. The van der Waals surface area contributed by atoms with Crippen molar-refractivity contribution in [2.45, 2.75) is 84.0 Å². The van der Waals surface area contributed by atoms with E-state index < -0.39 is 0 Å². The molecule has 1 aromatic rings. The highest BCUT2D eigenvalue weighted by molar-refractivity contribution is 5.87. The van der Waals surface area contributed by atoms with Crippen molar-refractivity contribution in [2.75, 3.05) is 6.61 Å². The number of benzene rings is 1. The van der Waals surface area contributed by atoms with Crippen LogP contribution >= 0.6 is 0 Å². The molecule has 0 heterocycles. The smallest absolute Gasteiger partial charge is 0.139 e. The van der Waals surface area contributed by atoms with Crippen molar-refractivity contribution >= 4 is 5.78 Å². The normalized spacial score (nSPS) is 32.7. The van der Waals surface area contributed by atoms with Gasteiger partial charge in [0.1, 0.15) is 11.5 Å². The van der Waals surface area contributed by atoms with Crippen molar-refractivity contribution < 1.29 is 9.53 Å². The van der Waals surface area contributed by atoms with Gasteiger partial charge in [0.2, 0.25) is 0 Å². The molecule has 3 aliphatic rings. The maximum absolute atomic E-state index is 12.4. The Morgan fingerprint density at radius 2 is 2.00 bits per heavy atom. The molecule has 0 aliphatic heterocycles. The molecule has 0 aromatic heterocycles. The van der Waals surface area contributed by atoms with Crippen LogP contribution in [-0.2, 0) is 11.2 Å². The van der Waals surface area contributed by atoms with Crippen LogP contribution in [0.1, 0.15) is 88.7 Å². The van der Waals surface area contributed by atoms with Crippen LogP contribution in [0.5, 0.6) is 5.75 Å². The summed E-state index contributed by atoms with van der Waals surface area (Å²) in [5, 5.41) is 0. The van der Waals surface area contributed by atoms with Crippen molar-refractivity contribution in [1.82, 2.24) is 0 Å². The van der Waals surface area contributed by atoms with E-state index in [0.717, 1.165) is 44.5 Å². The Hall–Kier alpha value is -1.31. The molecular weight excluding hydrogens is 320 g/mol. The van der Waals surface area contributed by atoms with Gasteiger partial charge in [0, 0.05) is 11.8 Å². The summed E-state index contributed by atoms with van der Waals surface area (Å²) < 4.78 is 6.01. The van der Waals surface area contributed by atoms with Crippen molar-refractivity contribution in [3.05, 3.63) is 29.3 Å². The minimum Gasteiger partial charge on any atom is -0.494 e. The quantitative estimate of drug-likeness (QED) is 0.579. The van der Waals surface area contributed by atoms with Crippen molar-refractivity contribution in [3.63, 3.8) is 0 Å². The van der Waals surface area contributed by atoms with Gasteiger partial charge in [0.05, 0.1) is 6.61 Å². The monoisotopic (exact) mass is 354 g/mol. The molecule has 4 atom stereocenters. The molecule has 2 nitrogen and oxygen atoms in total. The van der Waals surface area contributed by atoms with Gasteiger partial charge >= 0.3 is 0 Å². The minimum absolute atomic E-state index is 0.0137. The predicted octanol–water partition coefficient (Wildman–Crippen LogP) is 6.07. The number of carbonyl (C=O) groups excluding carboxylic acids is 1. The van der Waals surface area contributed by atoms with Gasteiger partial charge < -0.3 is 4.74 Å². The summed E-state index contributed by atoms with van der Waals surface area (Å²) in [7, 11) is 0. The third-order valence-electron chi connectivity index (χ3n) is 7.67. The molecule has 3 aliphatic carbocycles. The lowest BCUT2D eigenvalue weighted by Crippen LogP contribution is -2.42. The van der Waals surface area contributed by atoms with Crippen LogP contribution in [0.3, 0.4) is 0 Å². The van der Waals surface area contributed by atoms with Gasteiger partial charge in [0.15, 0.2) is 0 Å². The molecule has 2 fully saturated rings. The summed E-state index contributed by atoms with van der Waals surface area (Å²) in [4.78, 5) is 12.4. The minimum atomic E-state index is -0.0137. The summed E-state index contributed by atoms with van der Waals surface area (Å²) in [6.45, 7) is 5.34. The molecule has 0 spiro atoms. The van der Waals surface area contributed by atoms with Gasteiger partial charge in [-0.05, 0) is 79.5 Å². The Labute approximate surface area is 158 Å². The van der Waals surface area contributed by atoms with Crippen molar-refractivity contribution in [3.8, 4) is 5.75 Å². The molecule has 0 bridgehead atoms. The third kappa shape index (κ3) is 3.10. The first-order chi connectivity index (χ1) is 12.6. The highest BCUT2D eigenvalue weighted by Gasteiger charge is 2.54. The first-order valence-electron chi connectivity index (χ1n) is 10.9. The lowest BCUT2D eigenvalue weighted by molar-refractivity contribution is -0.129. The van der Waals surface area contributed by atoms with E-state index in [9.17, 15) is 4.79 Å². The molecule has 142 valence electrons. The molecule has 0 unspecified atom stereocenters. The van der Waals surface area contributed by atoms with Crippen LogP contribution in [0.25, 0.3) is 0 Å². The van der Waals surface area contributed by atoms with E-state index >= 15 is 0 Å². The summed E-state index contributed by atoms with van der Waals surface area (Å²) in [5.41, 5.74) is 3.05. The summed E-state index contributed by atoms with van der Waals surface area (Å²) in [5.74, 6) is 3.60. The number of hydrogen-bond acceptors (Lipinski definition) is 2. The fourth-order valence-electron chi connectivity index (χ4n) is 6.14. The van der Waals surface area contributed by atoms with E-state index in [1.54, 1.807) is 5.56 Å². The van der Waals surface area contributed by atoms with E-state index in [2.05, 4.69) is 32.0 Å². The van der Waals surface area contributed by atoms with Gasteiger partial charge in [-0.15, -0.1) is 0 Å². The number of carbonyl (C=O) groups is 1. The van der Waals surface area contributed by atoms with E-state index in [-0.39, 0.29) is 5.41 Å². The van der Waals surface area contributed by atoms with Crippen molar-refractivity contribution in [1.29, 1.82) is 0 Å². The first-order valence-corrected chi connectivity index (χ1v) is 10.9. The third-order valence-corrected chi connectivity index (χ3v) is 7.67. The topological polar surface area (TPSA) is 26.3 Å². The lowest BCUT2D eigenvalue weighted by atomic mass is 9.55. The number of Topliss-reactive ketones (excluding diaryl/α,β-unsaturated/α-hetero) is 1. The average molecular weight is 355 g/mol. The summed E-state index contributed by atoms with van der Waals surface area (Å²) in [6, 6.07) is 6.83. The van der Waals surface area contributed by atoms with Crippen molar-refractivity contribution in [2.24, 2.45) is 17.3 Å². The average Bonchev–Trinajstić information content (AvgIpc) is 2.96. The Morgan fingerprint density at radius 1 is 1.12 bits per heavy atom. The highest BCUT2D eigenvalue weighted by atomic mass is 16.5. The van der Waals surface area contributed by atoms with E-state index in [1.807, 2.05) is 0 Å². The molecule has 0 radical (unpaired) electrons. The lowest BCUT2D eigenvalue weighted by Gasteiger charge is -2.48. The zero-order valence-electron chi connectivity index (χ0n) is 16.6. The standard InChI is InChI=1S/C24H34O2/c1-3-4-5-6-15-26-18-8-10-19-17(16-18)7-9-21-20(19)13-14-24(2)22(21)11-12-23(24)25/h8,10,16,20-22H,3-7,9,11-15H2,1-2H3/t20-,21-,22+,24-/m0/s1. The Balaban J connectivity index is 1.45. The first kappa shape index (κ1) is 18.1. The number of rotatable bonds is 6. The Bertz CT molecular complexity index is 664. The fraction of sp³-hybridized carbons (Fsp3) is 0.708. The number of aryl methyl sites for hydroxylation is 1. The highest BCUT2D eigenvalue weighted by Crippen LogP contribution is 2.59. The van der Waals surface area contributed by atoms with E-state index in [0.29, 0.717) is 23.5 Å². The van der Waals surface area contributed by atoms with Crippen LogP contribution in [0.2, 0.25) is 0 Å². The second-order valence-corrected chi connectivity index (χ2v) is 9.10. The number of ketones is 1. The number of hydrogen-bond donors (Lipinski definition) is 0. The zero-order chi connectivity index (χ0) is 18.1. The summed E-state index contributed by atoms with van der Waals surface area (Å²) >= 11 is 0. The second-order valence-electron chi connectivity index (χ2n) is 9.10. The molecule has 2 saturated carbocycles.